The number of hydrogen-bond donors (Lipinski definition) is 1. The molecule has 0 aliphatic rings. The third-order valence-corrected chi connectivity index (χ3v) is 2.90. The molecule has 0 saturated heterocycles. The van der Waals surface area contributed by atoms with Crippen LogP contribution in [0.4, 0.5) is 5.82 Å². The Balaban J connectivity index is 2.16. The lowest BCUT2D eigenvalue weighted by Gasteiger charge is -2.21. The molecule has 0 saturated carbocycles. The minimum absolute atomic E-state index is 0.131. The normalized spacial score (nSPS) is 12.2. The van der Waals surface area contributed by atoms with Crippen molar-refractivity contribution in [2.75, 3.05) is 11.9 Å². The van der Waals surface area contributed by atoms with Gasteiger partial charge >= 0.3 is 0 Å². The first-order chi connectivity index (χ1) is 9.16. The third kappa shape index (κ3) is 3.76. The highest BCUT2D eigenvalue weighted by molar-refractivity contribution is 5.46. The number of rotatable bonds is 5. The lowest BCUT2D eigenvalue weighted by molar-refractivity contribution is 0.729. The summed E-state index contributed by atoms with van der Waals surface area (Å²) in [7, 11) is 2.03. The van der Waals surface area contributed by atoms with E-state index in [4.69, 9.17) is 5.73 Å². The van der Waals surface area contributed by atoms with Gasteiger partial charge in [-0.15, -0.1) is 0 Å². The summed E-state index contributed by atoms with van der Waals surface area (Å²) in [6, 6.07) is 10.1. The average Bonchev–Trinajstić information content (AvgIpc) is 2.39. The van der Waals surface area contributed by atoms with Gasteiger partial charge in [0.25, 0.3) is 0 Å². The van der Waals surface area contributed by atoms with Crippen LogP contribution in [0.25, 0.3) is 0 Å². The molecule has 0 radical (unpaired) electrons. The molecule has 2 aromatic rings. The minimum atomic E-state index is 0.131. The summed E-state index contributed by atoms with van der Waals surface area (Å²) in [5, 5.41) is 0. The zero-order valence-corrected chi connectivity index (χ0v) is 11.5. The second-order valence-corrected chi connectivity index (χ2v) is 4.84. The molecule has 0 spiro atoms. The SMILES string of the molecule is CC(N)Cc1cccnc1N(C)Cc1ccccn1. The minimum Gasteiger partial charge on any atom is -0.354 e. The quantitative estimate of drug-likeness (QED) is 0.889. The first-order valence-electron chi connectivity index (χ1n) is 6.47. The Hall–Kier alpha value is -1.94. The van der Waals surface area contributed by atoms with Gasteiger partial charge in [0.1, 0.15) is 5.82 Å². The molecule has 2 heterocycles. The summed E-state index contributed by atoms with van der Waals surface area (Å²) in [5.74, 6) is 0.977. The average molecular weight is 256 g/mol. The van der Waals surface area contributed by atoms with E-state index in [1.54, 1.807) is 0 Å². The lowest BCUT2D eigenvalue weighted by Crippen LogP contribution is -2.23. The fourth-order valence-electron chi connectivity index (χ4n) is 2.09. The van der Waals surface area contributed by atoms with Gasteiger partial charge in [-0.2, -0.15) is 0 Å². The van der Waals surface area contributed by atoms with E-state index in [1.807, 2.05) is 50.6 Å². The Morgan fingerprint density at radius 1 is 1.16 bits per heavy atom. The van der Waals surface area contributed by atoms with Crippen molar-refractivity contribution < 1.29 is 0 Å². The molecule has 2 rings (SSSR count). The van der Waals surface area contributed by atoms with Crippen molar-refractivity contribution in [1.29, 1.82) is 0 Å². The van der Waals surface area contributed by atoms with Crippen LogP contribution in [0.5, 0.6) is 0 Å². The van der Waals surface area contributed by atoms with E-state index in [9.17, 15) is 0 Å². The van der Waals surface area contributed by atoms with Crippen LogP contribution >= 0.6 is 0 Å². The van der Waals surface area contributed by atoms with E-state index in [1.165, 1.54) is 5.56 Å². The van der Waals surface area contributed by atoms with Crippen LogP contribution in [0.2, 0.25) is 0 Å². The number of anilines is 1. The van der Waals surface area contributed by atoms with Gasteiger partial charge in [-0.25, -0.2) is 4.98 Å². The molecular formula is C15H20N4. The van der Waals surface area contributed by atoms with E-state index < -0.39 is 0 Å². The van der Waals surface area contributed by atoms with Crippen LogP contribution in [-0.4, -0.2) is 23.1 Å². The van der Waals surface area contributed by atoms with Crippen molar-refractivity contribution in [2.45, 2.75) is 25.9 Å². The van der Waals surface area contributed by atoms with E-state index >= 15 is 0 Å². The lowest BCUT2D eigenvalue weighted by atomic mass is 10.1. The van der Waals surface area contributed by atoms with E-state index in [-0.39, 0.29) is 6.04 Å². The fourth-order valence-corrected chi connectivity index (χ4v) is 2.09. The molecule has 2 aromatic heterocycles. The van der Waals surface area contributed by atoms with Gasteiger partial charge < -0.3 is 10.6 Å². The van der Waals surface area contributed by atoms with Crippen LogP contribution in [0.1, 0.15) is 18.2 Å². The topological polar surface area (TPSA) is 55.0 Å². The second-order valence-electron chi connectivity index (χ2n) is 4.84. The predicted octanol–water partition coefficient (Wildman–Crippen LogP) is 2.00. The molecule has 0 amide bonds. The summed E-state index contributed by atoms with van der Waals surface area (Å²) in [6.07, 6.45) is 4.45. The maximum atomic E-state index is 5.89. The number of nitrogens with zero attached hydrogens (tertiary/aromatic N) is 3. The standard InChI is InChI=1S/C15H20N4/c1-12(16)10-13-6-5-9-18-15(13)19(2)11-14-7-3-4-8-17-14/h3-9,12H,10-11,16H2,1-2H3. The number of hydrogen-bond acceptors (Lipinski definition) is 4. The van der Waals surface area contributed by atoms with E-state index in [0.29, 0.717) is 0 Å². The van der Waals surface area contributed by atoms with Crippen LogP contribution in [0.3, 0.4) is 0 Å². The van der Waals surface area contributed by atoms with Crippen molar-refractivity contribution >= 4 is 5.82 Å². The Morgan fingerprint density at radius 2 is 1.95 bits per heavy atom. The fraction of sp³-hybridized carbons (Fsp3) is 0.333. The van der Waals surface area contributed by atoms with Crippen molar-refractivity contribution in [1.82, 2.24) is 9.97 Å². The zero-order valence-electron chi connectivity index (χ0n) is 11.5. The number of aromatic nitrogens is 2. The molecule has 4 nitrogen and oxygen atoms in total. The zero-order chi connectivity index (χ0) is 13.7. The summed E-state index contributed by atoms with van der Waals surface area (Å²) in [4.78, 5) is 10.9. The molecule has 0 fully saturated rings. The second kappa shape index (κ2) is 6.29. The Bertz CT molecular complexity index is 511. The van der Waals surface area contributed by atoms with Crippen LogP contribution in [0, 0.1) is 0 Å². The number of pyridine rings is 2. The molecule has 0 bridgehead atoms. The summed E-state index contributed by atoms with van der Waals surface area (Å²) in [5.41, 5.74) is 8.09. The summed E-state index contributed by atoms with van der Waals surface area (Å²) < 4.78 is 0. The van der Waals surface area contributed by atoms with E-state index in [0.717, 1.165) is 24.5 Å². The molecule has 0 aromatic carbocycles. The Morgan fingerprint density at radius 3 is 2.63 bits per heavy atom. The molecular weight excluding hydrogens is 236 g/mol. The van der Waals surface area contributed by atoms with Gasteiger partial charge in [0, 0.05) is 25.5 Å². The first kappa shape index (κ1) is 13.5. The van der Waals surface area contributed by atoms with Gasteiger partial charge in [0.15, 0.2) is 0 Å². The van der Waals surface area contributed by atoms with Crippen molar-refractivity contribution in [2.24, 2.45) is 5.73 Å². The maximum Gasteiger partial charge on any atom is 0.131 e. The molecule has 0 aliphatic carbocycles. The van der Waals surface area contributed by atoms with Gasteiger partial charge in [-0.05, 0) is 37.1 Å². The molecule has 4 heteroatoms. The highest BCUT2D eigenvalue weighted by Crippen LogP contribution is 2.18. The number of nitrogens with two attached hydrogens (primary N) is 1. The predicted molar refractivity (Wildman–Crippen MR) is 77.9 cm³/mol. The molecule has 1 unspecified atom stereocenters. The van der Waals surface area contributed by atoms with Crippen molar-refractivity contribution in [3.8, 4) is 0 Å². The molecule has 100 valence electrons. The van der Waals surface area contributed by atoms with Crippen LogP contribution in [-0.2, 0) is 13.0 Å². The van der Waals surface area contributed by atoms with Crippen molar-refractivity contribution in [3.63, 3.8) is 0 Å². The first-order valence-corrected chi connectivity index (χ1v) is 6.47. The summed E-state index contributed by atoms with van der Waals surface area (Å²) >= 11 is 0. The van der Waals surface area contributed by atoms with Gasteiger partial charge in [-0.1, -0.05) is 12.1 Å². The smallest absolute Gasteiger partial charge is 0.131 e. The van der Waals surface area contributed by atoms with Crippen LogP contribution < -0.4 is 10.6 Å². The molecule has 2 N–H and O–H groups in total. The highest BCUT2D eigenvalue weighted by Gasteiger charge is 2.10. The summed E-state index contributed by atoms with van der Waals surface area (Å²) in [6.45, 7) is 2.75. The maximum absolute atomic E-state index is 5.89. The van der Waals surface area contributed by atoms with Gasteiger partial charge in [-0.3, -0.25) is 4.98 Å². The van der Waals surface area contributed by atoms with Gasteiger partial charge in [0.05, 0.1) is 12.2 Å². The van der Waals surface area contributed by atoms with E-state index in [2.05, 4.69) is 20.9 Å². The molecule has 1 atom stereocenters. The third-order valence-electron chi connectivity index (χ3n) is 2.90. The monoisotopic (exact) mass is 256 g/mol. The van der Waals surface area contributed by atoms with Crippen LogP contribution in [0.15, 0.2) is 42.7 Å². The largest absolute Gasteiger partial charge is 0.354 e. The highest BCUT2D eigenvalue weighted by atomic mass is 15.2. The molecule has 0 aliphatic heterocycles. The van der Waals surface area contributed by atoms with Crippen molar-refractivity contribution in [3.05, 3.63) is 54.0 Å². The molecule has 19 heavy (non-hydrogen) atoms. The Labute approximate surface area is 114 Å². The Kier molecular flexibility index (Phi) is 4.47. The van der Waals surface area contributed by atoms with Gasteiger partial charge in [0.2, 0.25) is 0 Å².